The summed E-state index contributed by atoms with van der Waals surface area (Å²) < 4.78 is 0. The lowest BCUT2D eigenvalue weighted by atomic mass is 9.89. The van der Waals surface area contributed by atoms with Gasteiger partial charge in [0.25, 0.3) is 5.91 Å². The molecule has 156 valence electrons. The third-order valence-corrected chi connectivity index (χ3v) is 5.66. The van der Waals surface area contributed by atoms with Gasteiger partial charge in [-0.15, -0.1) is 12.3 Å². The van der Waals surface area contributed by atoms with Crippen LogP contribution in [0.5, 0.6) is 0 Å². The number of benzene rings is 2. The van der Waals surface area contributed by atoms with Crippen molar-refractivity contribution in [1.82, 2.24) is 15.5 Å². The lowest BCUT2D eigenvalue weighted by Crippen LogP contribution is -2.47. The molecule has 6 nitrogen and oxygen atoms in total. The number of hydrogen-bond acceptors (Lipinski definition) is 3. The van der Waals surface area contributed by atoms with Gasteiger partial charge in [-0.1, -0.05) is 48.5 Å². The minimum Gasteiger partial charge on any atom is -0.339 e. The molecule has 0 saturated carbocycles. The molecule has 1 aromatic heterocycles. The molecule has 1 aliphatic heterocycles. The first-order valence-electron chi connectivity index (χ1n) is 10.3. The van der Waals surface area contributed by atoms with Gasteiger partial charge in [0.1, 0.15) is 11.7 Å². The number of H-pyrrole nitrogens is 1. The van der Waals surface area contributed by atoms with Crippen molar-refractivity contribution in [3.63, 3.8) is 0 Å². The van der Waals surface area contributed by atoms with E-state index in [4.69, 9.17) is 6.42 Å². The van der Waals surface area contributed by atoms with Crippen molar-refractivity contribution in [2.24, 2.45) is 0 Å². The Balaban J connectivity index is 1.51. The minimum absolute atomic E-state index is 0.0202. The molecule has 31 heavy (non-hydrogen) atoms. The highest BCUT2D eigenvalue weighted by molar-refractivity contribution is 6.02. The van der Waals surface area contributed by atoms with E-state index >= 15 is 0 Å². The fourth-order valence-electron chi connectivity index (χ4n) is 4.08. The molecule has 1 aliphatic rings. The zero-order valence-electron chi connectivity index (χ0n) is 17.3. The number of nitrogens with one attached hydrogen (secondary N) is 2. The Morgan fingerprint density at radius 2 is 1.97 bits per heavy atom. The number of para-hydroxylation sites is 1. The molecule has 0 saturated heterocycles. The predicted octanol–water partition coefficient (Wildman–Crippen LogP) is 3.27. The van der Waals surface area contributed by atoms with Crippen LogP contribution in [0.3, 0.4) is 0 Å². The Kier molecular flexibility index (Phi) is 5.85. The SMILES string of the molecule is C#CC[C@H]1C[C@@H](NC(=O)c2cc(Cc3ccccc3)[nH]n2)C(=O)N(C)c2ccccc21. The van der Waals surface area contributed by atoms with Gasteiger partial charge in [-0.2, -0.15) is 5.10 Å². The van der Waals surface area contributed by atoms with Crippen molar-refractivity contribution < 1.29 is 9.59 Å². The lowest BCUT2D eigenvalue weighted by molar-refractivity contribution is -0.120. The average Bonchev–Trinajstić information content (AvgIpc) is 3.23. The highest BCUT2D eigenvalue weighted by atomic mass is 16.2. The van der Waals surface area contributed by atoms with E-state index in [1.54, 1.807) is 18.0 Å². The van der Waals surface area contributed by atoms with Crippen LogP contribution < -0.4 is 10.2 Å². The van der Waals surface area contributed by atoms with E-state index in [2.05, 4.69) is 21.4 Å². The van der Waals surface area contributed by atoms with Gasteiger partial charge in [0, 0.05) is 31.3 Å². The van der Waals surface area contributed by atoms with E-state index in [0.29, 0.717) is 19.3 Å². The number of aromatic nitrogens is 2. The van der Waals surface area contributed by atoms with E-state index in [9.17, 15) is 9.59 Å². The summed E-state index contributed by atoms with van der Waals surface area (Å²) in [5, 5.41) is 9.94. The highest BCUT2D eigenvalue weighted by Gasteiger charge is 2.34. The van der Waals surface area contributed by atoms with Crippen molar-refractivity contribution in [1.29, 1.82) is 0 Å². The molecule has 2 N–H and O–H groups in total. The number of carbonyl (C=O) groups is 2. The van der Waals surface area contributed by atoms with Gasteiger partial charge in [-0.3, -0.25) is 14.7 Å². The fraction of sp³-hybridized carbons (Fsp3) is 0.240. The number of anilines is 1. The second-order valence-corrected chi connectivity index (χ2v) is 7.76. The molecule has 0 aliphatic carbocycles. The van der Waals surface area contributed by atoms with Gasteiger partial charge in [-0.25, -0.2) is 0 Å². The van der Waals surface area contributed by atoms with Gasteiger partial charge in [-0.05, 0) is 35.6 Å². The highest BCUT2D eigenvalue weighted by Crippen LogP contribution is 2.36. The van der Waals surface area contributed by atoms with Crippen LogP contribution in [0.15, 0.2) is 60.7 Å². The second-order valence-electron chi connectivity index (χ2n) is 7.76. The Morgan fingerprint density at radius 3 is 2.74 bits per heavy atom. The first-order valence-corrected chi connectivity index (χ1v) is 10.3. The van der Waals surface area contributed by atoms with Crippen LogP contribution in [0.25, 0.3) is 0 Å². The van der Waals surface area contributed by atoms with Crippen molar-refractivity contribution >= 4 is 17.5 Å². The Morgan fingerprint density at radius 1 is 1.23 bits per heavy atom. The number of nitrogens with zero attached hydrogens (tertiary/aromatic N) is 2. The Labute approximate surface area is 181 Å². The maximum Gasteiger partial charge on any atom is 0.272 e. The first kappa shape index (κ1) is 20.4. The van der Waals surface area contributed by atoms with Crippen molar-refractivity contribution in [2.45, 2.75) is 31.2 Å². The van der Waals surface area contributed by atoms with E-state index in [1.165, 1.54) is 0 Å². The summed E-state index contributed by atoms with van der Waals surface area (Å²) >= 11 is 0. The number of hydrogen-bond donors (Lipinski definition) is 2. The van der Waals surface area contributed by atoms with Crippen molar-refractivity contribution in [2.75, 3.05) is 11.9 Å². The van der Waals surface area contributed by atoms with Gasteiger partial charge in [0.15, 0.2) is 0 Å². The number of aromatic amines is 1. The number of carbonyl (C=O) groups excluding carboxylic acids is 2. The molecule has 2 amide bonds. The molecule has 2 atom stereocenters. The molecule has 0 unspecified atom stereocenters. The zero-order valence-corrected chi connectivity index (χ0v) is 17.3. The number of amides is 2. The molecule has 0 bridgehead atoms. The molecule has 0 spiro atoms. The van der Waals surface area contributed by atoms with E-state index in [1.807, 2.05) is 54.6 Å². The summed E-state index contributed by atoms with van der Waals surface area (Å²) in [7, 11) is 1.73. The maximum absolute atomic E-state index is 13.1. The quantitative estimate of drug-likeness (QED) is 0.632. The van der Waals surface area contributed by atoms with E-state index in [-0.39, 0.29) is 23.4 Å². The topological polar surface area (TPSA) is 78.1 Å². The zero-order chi connectivity index (χ0) is 21.8. The van der Waals surface area contributed by atoms with Gasteiger partial charge >= 0.3 is 0 Å². The summed E-state index contributed by atoms with van der Waals surface area (Å²) in [6.45, 7) is 0. The molecular formula is C25H24N4O2. The standard InChI is InChI=1S/C25H24N4O2/c1-3-9-18-15-22(25(31)29(2)23-13-8-7-12-20(18)23)26-24(30)21-16-19(27-28-21)14-17-10-5-4-6-11-17/h1,4-8,10-13,16,18,22H,9,14-15H2,2H3,(H,26,30)(H,27,28)/t18-,22+/m0/s1. The van der Waals surface area contributed by atoms with Crippen LogP contribution in [0, 0.1) is 12.3 Å². The molecular weight excluding hydrogens is 388 g/mol. The number of terminal acetylenes is 1. The number of fused-ring (bicyclic) bond motifs is 1. The largest absolute Gasteiger partial charge is 0.339 e. The van der Waals surface area contributed by atoms with Crippen molar-refractivity contribution in [3.8, 4) is 12.3 Å². The molecule has 2 aromatic carbocycles. The molecule has 0 fully saturated rings. The third kappa shape index (κ3) is 4.36. The fourth-order valence-corrected chi connectivity index (χ4v) is 4.08. The lowest BCUT2D eigenvalue weighted by Gasteiger charge is -2.21. The Hall–Kier alpha value is -3.85. The first-order chi connectivity index (χ1) is 15.1. The molecule has 2 heterocycles. The van der Waals surface area contributed by atoms with Gasteiger partial charge in [0.05, 0.1) is 0 Å². The van der Waals surface area contributed by atoms with Crippen LogP contribution in [0.1, 0.15) is 46.1 Å². The summed E-state index contributed by atoms with van der Waals surface area (Å²) in [5.41, 5.74) is 4.07. The molecule has 4 rings (SSSR count). The second kappa shape index (κ2) is 8.88. The van der Waals surface area contributed by atoms with Crippen LogP contribution in [0.2, 0.25) is 0 Å². The average molecular weight is 412 g/mol. The summed E-state index contributed by atoms with van der Waals surface area (Å²) in [5.74, 6) is 2.14. The van der Waals surface area contributed by atoms with E-state index < -0.39 is 6.04 Å². The van der Waals surface area contributed by atoms with Gasteiger partial charge < -0.3 is 10.2 Å². The minimum atomic E-state index is -0.683. The summed E-state index contributed by atoms with van der Waals surface area (Å²) in [6, 6.07) is 18.7. The monoisotopic (exact) mass is 412 g/mol. The normalized spacial score (nSPS) is 18.1. The molecule has 6 heteroatoms. The third-order valence-electron chi connectivity index (χ3n) is 5.66. The van der Waals surface area contributed by atoms with Crippen molar-refractivity contribution in [3.05, 3.63) is 83.2 Å². The van der Waals surface area contributed by atoms with Crippen LogP contribution in [-0.2, 0) is 11.2 Å². The smallest absolute Gasteiger partial charge is 0.272 e. The summed E-state index contributed by atoms with van der Waals surface area (Å²) in [4.78, 5) is 27.6. The Bertz CT molecular complexity index is 1130. The number of likely N-dealkylation sites (N-methyl/N-ethyl adjacent to an activating group) is 1. The van der Waals surface area contributed by atoms with Crippen LogP contribution in [0.4, 0.5) is 5.69 Å². The summed E-state index contributed by atoms with van der Waals surface area (Å²) in [6.07, 6.45) is 7.17. The van der Waals surface area contributed by atoms with Crippen LogP contribution >= 0.6 is 0 Å². The molecule has 3 aromatic rings. The van der Waals surface area contributed by atoms with Gasteiger partial charge in [0.2, 0.25) is 5.91 Å². The van der Waals surface area contributed by atoms with Crippen LogP contribution in [-0.4, -0.2) is 35.1 Å². The number of rotatable bonds is 5. The van der Waals surface area contributed by atoms with E-state index in [0.717, 1.165) is 22.5 Å². The maximum atomic E-state index is 13.1. The molecule has 0 radical (unpaired) electrons. The predicted molar refractivity (Wildman–Crippen MR) is 120 cm³/mol.